The Morgan fingerprint density at radius 2 is 1.75 bits per heavy atom. The topological polar surface area (TPSA) is 66.8 Å². The molecule has 0 aliphatic heterocycles. The van der Waals surface area contributed by atoms with Crippen molar-refractivity contribution in [1.82, 2.24) is 0 Å². The van der Waals surface area contributed by atoms with Crippen molar-refractivity contribution in [3.63, 3.8) is 0 Å². The third kappa shape index (κ3) is 4.59. The fourth-order valence-electron chi connectivity index (χ4n) is 2.46. The van der Waals surface area contributed by atoms with Gasteiger partial charge in [-0.2, -0.15) is 0 Å². The van der Waals surface area contributed by atoms with Gasteiger partial charge in [0.2, 0.25) is 0 Å². The molecule has 0 amide bonds. The van der Waals surface area contributed by atoms with Gasteiger partial charge in [-0.3, -0.25) is 4.79 Å². The lowest BCUT2D eigenvalue weighted by Crippen LogP contribution is -2.26. The number of carboxylic acid groups (broad SMARTS) is 1. The predicted molar refractivity (Wildman–Crippen MR) is 92.3 cm³/mol. The summed E-state index contributed by atoms with van der Waals surface area (Å²) in [5.74, 6) is -1.25. The lowest BCUT2D eigenvalue weighted by Gasteiger charge is -2.25. The van der Waals surface area contributed by atoms with Crippen LogP contribution < -0.4 is 4.90 Å². The van der Waals surface area contributed by atoms with Crippen LogP contribution in [0.5, 0.6) is 0 Å². The molecule has 5 nitrogen and oxygen atoms in total. The van der Waals surface area contributed by atoms with Crippen molar-refractivity contribution in [2.75, 3.05) is 18.6 Å². The SMILES string of the molecule is COC(=O)c1ccccc1CN(CCC(=O)O)c1ccc(C)cc1. The summed E-state index contributed by atoms with van der Waals surface area (Å²) in [4.78, 5) is 24.8. The quantitative estimate of drug-likeness (QED) is 0.791. The number of esters is 1. The van der Waals surface area contributed by atoms with Gasteiger partial charge in [0.1, 0.15) is 0 Å². The normalized spacial score (nSPS) is 10.2. The van der Waals surface area contributed by atoms with E-state index in [4.69, 9.17) is 9.84 Å². The number of carbonyl (C=O) groups excluding carboxylic acids is 1. The standard InChI is InChI=1S/C19H21NO4/c1-14-7-9-16(10-8-14)20(12-11-18(21)22)13-15-5-3-4-6-17(15)19(23)24-2/h3-10H,11-13H2,1-2H3,(H,21,22). The molecule has 2 rings (SSSR count). The van der Waals surface area contributed by atoms with Gasteiger partial charge in [0, 0.05) is 18.8 Å². The Balaban J connectivity index is 2.30. The lowest BCUT2D eigenvalue weighted by atomic mass is 10.1. The van der Waals surface area contributed by atoms with Gasteiger partial charge in [-0.25, -0.2) is 4.79 Å². The van der Waals surface area contributed by atoms with E-state index >= 15 is 0 Å². The van der Waals surface area contributed by atoms with Crippen LogP contribution >= 0.6 is 0 Å². The van der Waals surface area contributed by atoms with E-state index < -0.39 is 11.9 Å². The zero-order valence-corrected chi connectivity index (χ0v) is 13.9. The highest BCUT2D eigenvalue weighted by Gasteiger charge is 2.15. The molecule has 5 heteroatoms. The van der Waals surface area contributed by atoms with E-state index in [1.165, 1.54) is 7.11 Å². The molecule has 0 saturated carbocycles. The number of hydrogen-bond acceptors (Lipinski definition) is 4. The molecule has 0 aliphatic carbocycles. The smallest absolute Gasteiger partial charge is 0.338 e. The second-order valence-corrected chi connectivity index (χ2v) is 5.55. The van der Waals surface area contributed by atoms with Gasteiger partial charge in [0.25, 0.3) is 0 Å². The molecular formula is C19H21NO4. The van der Waals surface area contributed by atoms with Gasteiger partial charge in [-0.1, -0.05) is 35.9 Å². The number of aryl methyl sites for hydroxylation is 1. The number of rotatable bonds is 7. The molecule has 2 aromatic rings. The largest absolute Gasteiger partial charge is 0.481 e. The van der Waals surface area contributed by atoms with Crippen molar-refractivity contribution in [2.24, 2.45) is 0 Å². The molecule has 126 valence electrons. The van der Waals surface area contributed by atoms with Crippen LogP contribution in [0.3, 0.4) is 0 Å². The minimum Gasteiger partial charge on any atom is -0.481 e. The minimum atomic E-state index is -0.853. The minimum absolute atomic E-state index is 0.0221. The van der Waals surface area contributed by atoms with Crippen molar-refractivity contribution in [3.05, 3.63) is 65.2 Å². The number of nitrogens with zero attached hydrogens (tertiary/aromatic N) is 1. The second kappa shape index (κ2) is 8.15. The van der Waals surface area contributed by atoms with Crippen LogP contribution in [0.25, 0.3) is 0 Å². The van der Waals surface area contributed by atoms with Crippen LogP contribution in [0.2, 0.25) is 0 Å². The first kappa shape index (κ1) is 17.5. The zero-order chi connectivity index (χ0) is 17.5. The molecular weight excluding hydrogens is 306 g/mol. The zero-order valence-electron chi connectivity index (χ0n) is 13.9. The molecule has 1 N–H and O–H groups in total. The third-order valence-corrected chi connectivity index (χ3v) is 3.78. The number of ether oxygens (including phenoxy) is 1. The summed E-state index contributed by atoms with van der Waals surface area (Å²) in [7, 11) is 1.35. The van der Waals surface area contributed by atoms with Gasteiger partial charge in [-0.05, 0) is 30.7 Å². The van der Waals surface area contributed by atoms with Crippen molar-refractivity contribution in [3.8, 4) is 0 Å². The van der Waals surface area contributed by atoms with Gasteiger partial charge in [0.15, 0.2) is 0 Å². The number of carbonyl (C=O) groups is 2. The molecule has 24 heavy (non-hydrogen) atoms. The Kier molecular flexibility index (Phi) is 5.95. The van der Waals surface area contributed by atoms with Crippen LogP contribution in [0.15, 0.2) is 48.5 Å². The first-order valence-electron chi connectivity index (χ1n) is 7.71. The molecule has 0 unspecified atom stereocenters. The summed E-state index contributed by atoms with van der Waals surface area (Å²) in [6, 6.07) is 15.1. The Hall–Kier alpha value is -2.82. The Morgan fingerprint density at radius 1 is 1.08 bits per heavy atom. The number of methoxy groups -OCH3 is 1. The Bertz CT molecular complexity index is 710. The molecule has 0 heterocycles. The molecule has 0 fully saturated rings. The van der Waals surface area contributed by atoms with Gasteiger partial charge in [-0.15, -0.1) is 0 Å². The van der Waals surface area contributed by atoms with Crippen LogP contribution in [-0.2, 0) is 16.1 Å². The van der Waals surface area contributed by atoms with Crippen molar-refractivity contribution >= 4 is 17.6 Å². The molecule has 2 aromatic carbocycles. The Labute approximate surface area is 141 Å². The number of anilines is 1. The van der Waals surface area contributed by atoms with Crippen LogP contribution in [0.4, 0.5) is 5.69 Å². The van der Waals surface area contributed by atoms with E-state index in [-0.39, 0.29) is 6.42 Å². The monoisotopic (exact) mass is 327 g/mol. The molecule has 0 aromatic heterocycles. The highest BCUT2D eigenvalue weighted by atomic mass is 16.5. The first-order chi connectivity index (χ1) is 11.5. The number of hydrogen-bond donors (Lipinski definition) is 1. The average Bonchev–Trinajstić information content (AvgIpc) is 2.59. The summed E-state index contributed by atoms with van der Waals surface area (Å²) >= 11 is 0. The predicted octanol–water partition coefficient (Wildman–Crippen LogP) is 3.26. The molecule has 0 atom stereocenters. The fraction of sp³-hybridized carbons (Fsp3) is 0.263. The summed E-state index contributed by atoms with van der Waals surface area (Å²) < 4.78 is 4.83. The maximum atomic E-state index is 11.9. The maximum Gasteiger partial charge on any atom is 0.338 e. The Morgan fingerprint density at radius 3 is 2.38 bits per heavy atom. The summed E-state index contributed by atoms with van der Waals surface area (Å²) in [5, 5.41) is 9.00. The fourth-order valence-corrected chi connectivity index (χ4v) is 2.46. The number of benzene rings is 2. The summed E-state index contributed by atoms with van der Waals surface area (Å²) in [5.41, 5.74) is 3.34. The maximum absolute atomic E-state index is 11.9. The average molecular weight is 327 g/mol. The van der Waals surface area contributed by atoms with Gasteiger partial charge >= 0.3 is 11.9 Å². The van der Waals surface area contributed by atoms with E-state index in [2.05, 4.69) is 0 Å². The lowest BCUT2D eigenvalue weighted by molar-refractivity contribution is -0.136. The number of carboxylic acids is 1. The highest BCUT2D eigenvalue weighted by Crippen LogP contribution is 2.20. The van der Waals surface area contributed by atoms with E-state index in [9.17, 15) is 9.59 Å². The number of aliphatic carboxylic acids is 1. The van der Waals surface area contributed by atoms with Crippen LogP contribution in [-0.4, -0.2) is 30.7 Å². The highest BCUT2D eigenvalue weighted by molar-refractivity contribution is 5.91. The molecule has 0 radical (unpaired) electrons. The second-order valence-electron chi connectivity index (χ2n) is 5.55. The molecule has 0 spiro atoms. The van der Waals surface area contributed by atoms with E-state index in [1.807, 2.05) is 48.2 Å². The van der Waals surface area contributed by atoms with Gasteiger partial charge < -0.3 is 14.7 Å². The summed E-state index contributed by atoms with van der Waals surface area (Å²) in [6.07, 6.45) is 0.0221. The van der Waals surface area contributed by atoms with E-state index in [0.717, 1.165) is 16.8 Å². The van der Waals surface area contributed by atoms with Crippen LogP contribution in [0.1, 0.15) is 27.9 Å². The van der Waals surface area contributed by atoms with Crippen molar-refractivity contribution < 1.29 is 19.4 Å². The van der Waals surface area contributed by atoms with Crippen molar-refractivity contribution in [1.29, 1.82) is 0 Å². The molecule has 0 saturated heterocycles. The first-order valence-corrected chi connectivity index (χ1v) is 7.71. The van der Waals surface area contributed by atoms with Gasteiger partial charge in [0.05, 0.1) is 19.1 Å². The molecule has 0 bridgehead atoms. The van der Waals surface area contributed by atoms with Crippen molar-refractivity contribution in [2.45, 2.75) is 19.9 Å². The summed E-state index contributed by atoms with van der Waals surface area (Å²) in [6.45, 7) is 2.79. The van der Waals surface area contributed by atoms with Crippen LogP contribution in [0, 0.1) is 6.92 Å². The third-order valence-electron chi connectivity index (χ3n) is 3.78. The van der Waals surface area contributed by atoms with E-state index in [1.54, 1.807) is 12.1 Å². The van der Waals surface area contributed by atoms with E-state index in [0.29, 0.717) is 18.7 Å². The molecule has 0 aliphatic rings.